The van der Waals surface area contributed by atoms with Crippen LogP contribution in [-0.2, 0) is 27.4 Å². The van der Waals surface area contributed by atoms with E-state index >= 15 is 0 Å². The summed E-state index contributed by atoms with van der Waals surface area (Å²) in [6, 6.07) is 7.65. The summed E-state index contributed by atoms with van der Waals surface area (Å²) in [5.74, 6) is 0.579. The number of fused-ring (bicyclic) bond motifs is 1. The molecule has 6 nitrogen and oxygen atoms in total. The van der Waals surface area contributed by atoms with Gasteiger partial charge in [0, 0.05) is 5.92 Å². The van der Waals surface area contributed by atoms with Gasteiger partial charge in [0.15, 0.2) is 0 Å². The summed E-state index contributed by atoms with van der Waals surface area (Å²) in [7, 11) is 0. The molecular formula is C19H25N3O3. The number of nitrogens with zero attached hydrogens (tertiary/aromatic N) is 2. The Morgan fingerprint density at radius 2 is 2.00 bits per heavy atom. The lowest BCUT2D eigenvalue weighted by molar-refractivity contribution is -0.143. The van der Waals surface area contributed by atoms with E-state index in [1.165, 1.54) is 6.42 Å². The van der Waals surface area contributed by atoms with Crippen LogP contribution in [-0.4, -0.2) is 28.0 Å². The molecule has 6 heteroatoms. The van der Waals surface area contributed by atoms with Gasteiger partial charge >= 0.3 is 5.97 Å². The third-order valence-electron chi connectivity index (χ3n) is 4.72. The van der Waals surface area contributed by atoms with Gasteiger partial charge in [-0.1, -0.05) is 31.4 Å². The van der Waals surface area contributed by atoms with Crippen molar-refractivity contribution in [3.63, 3.8) is 0 Å². The normalized spacial score (nSPS) is 15.2. The lowest BCUT2D eigenvalue weighted by Crippen LogP contribution is -2.32. The van der Waals surface area contributed by atoms with Crippen molar-refractivity contribution in [2.75, 3.05) is 6.61 Å². The van der Waals surface area contributed by atoms with Gasteiger partial charge < -0.3 is 14.6 Å². The molecule has 1 fully saturated rings. The SMILES string of the molecule is CCOC(=O)Cn1c(CNC(=O)C2CCCCC2)nc2ccccc21. The zero-order valence-electron chi connectivity index (χ0n) is 14.7. The fourth-order valence-corrected chi connectivity index (χ4v) is 3.45. The number of carbonyl (C=O) groups is 2. The van der Waals surface area contributed by atoms with Crippen LogP contribution in [0.15, 0.2) is 24.3 Å². The van der Waals surface area contributed by atoms with Crippen LogP contribution in [0.1, 0.15) is 44.9 Å². The van der Waals surface area contributed by atoms with Crippen molar-refractivity contribution >= 4 is 22.9 Å². The van der Waals surface area contributed by atoms with Gasteiger partial charge in [-0.25, -0.2) is 4.98 Å². The predicted octanol–water partition coefficient (Wildman–Crippen LogP) is 2.80. The Hall–Kier alpha value is -2.37. The molecule has 1 N–H and O–H groups in total. The number of benzene rings is 1. The largest absolute Gasteiger partial charge is 0.465 e. The van der Waals surface area contributed by atoms with E-state index in [4.69, 9.17) is 4.74 Å². The summed E-state index contributed by atoms with van der Waals surface area (Å²) in [5, 5.41) is 3.00. The average Bonchev–Trinajstić information content (AvgIpc) is 2.98. The van der Waals surface area contributed by atoms with Gasteiger partial charge in [0.05, 0.1) is 24.2 Å². The Morgan fingerprint density at radius 3 is 2.76 bits per heavy atom. The van der Waals surface area contributed by atoms with Crippen LogP contribution in [0, 0.1) is 5.92 Å². The number of aromatic nitrogens is 2. The minimum absolute atomic E-state index is 0.0921. The maximum atomic E-state index is 12.4. The number of ether oxygens (including phenoxy) is 1. The van der Waals surface area contributed by atoms with E-state index in [-0.39, 0.29) is 24.3 Å². The van der Waals surface area contributed by atoms with Crippen molar-refractivity contribution in [3.8, 4) is 0 Å². The van der Waals surface area contributed by atoms with E-state index in [1.807, 2.05) is 28.8 Å². The van der Waals surface area contributed by atoms with Gasteiger partial charge in [0.25, 0.3) is 0 Å². The number of hydrogen-bond donors (Lipinski definition) is 1. The molecule has 0 saturated heterocycles. The quantitative estimate of drug-likeness (QED) is 0.819. The molecule has 0 aliphatic heterocycles. The van der Waals surface area contributed by atoms with E-state index in [0.717, 1.165) is 36.7 Å². The number of imidazole rings is 1. The lowest BCUT2D eigenvalue weighted by atomic mass is 9.89. The summed E-state index contributed by atoms with van der Waals surface area (Å²) >= 11 is 0. The Kier molecular flexibility index (Phi) is 5.68. The minimum Gasteiger partial charge on any atom is -0.465 e. The third kappa shape index (κ3) is 4.18. The molecule has 1 aromatic carbocycles. The van der Waals surface area contributed by atoms with Crippen molar-refractivity contribution in [1.82, 2.24) is 14.9 Å². The highest BCUT2D eigenvalue weighted by Gasteiger charge is 2.22. The Bertz CT molecular complexity index is 747. The molecule has 0 spiro atoms. The van der Waals surface area contributed by atoms with Crippen molar-refractivity contribution < 1.29 is 14.3 Å². The highest BCUT2D eigenvalue weighted by molar-refractivity contribution is 5.80. The molecule has 3 rings (SSSR count). The molecule has 1 saturated carbocycles. The van der Waals surface area contributed by atoms with Crippen LogP contribution in [0.2, 0.25) is 0 Å². The van der Waals surface area contributed by atoms with Gasteiger partial charge in [-0.05, 0) is 31.9 Å². The fraction of sp³-hybridized carbons (Fsp3) is 0.526. The standard InChI is InChI=1S/C19H25N3O3/c1-2-25-18(23)13-22-16-11-7-6-10-15(16)21-17(22)12-20-19(24)14-8-4-3-5-9-14/h6-7,10-11,14H,2-5,8-9,12-13H2,1H3,(H,20,24). The van der Waals surface area contributed by atoms with Crippen LogP contribution < -0.4 is 5.32 Å². The van der Waals surface area contributed by atoms with Gasteiger partial charge in [-0.15, -0.1) is 0 Å². The highest BCUT2D eigenvalue weighted by atomic mass is 16.5. The number of nitrogens with one attached hydrogen (secondary N) is 1. The molecule has 2 aromatic rings. The fourth-order valence-electron chi connectivity index (χ4n) is 3.45. The molecule has 1 amide bonds. The molecular weight excluding hydrogens is 318 g/mol. The molecule has 134 valence electrons. The number of esters is 1. The summed E-state index contributed by atoms with van der Waals surface area (Å²) < 4.78 is 6.89. The second-order valence-corrected chi connectivity index (χ2v) is 6.46. The average molecular weight is 343 g/mol. The molecule has 0 bridgehead atoms. The monoisotopic (exact) mass is 343 g/mol. The molecule has 0 atom stereocenters. The van der Waals surface area contributed by atoms with Gasteiger partial charge in [0.1, 0.15) is 12.4 Å². The van der Waals surface area contributed by atoms with E-state index in [0.29, 0.717) is 19.0 Å². The Morgan fingerprint density at radius 1 is 1.24 bits per heavy atom. The summed E-state index contributed by atoms with van der Waals surface area (Å²) in [5.41, 5.74) is 1.69. The summed E-state index contributed by atoms with van der Waals surface area (Å²) in [4.78, 5) is 28.9. The Balaban J connectivity index is 1.75. The van der Waals surface area contributed by atoms with Crippen molar-refractivity contribution in [2.24, 2.45) is 5.92 Å². The van der Waals surface area contributed by atoms with Crippen molar-refractivity contribution in [3.05, 3.63) is 30.1 Å². The maximum absolute atomic E-state index is 12.4. The molecule has 1 aromatic heterocycles. The van der Waals surface area contributed by atoms with Crippen molar-refractivity contribution in [1.29, 1.82) is 0 Å². The smallest absolute Gasteiger partial charge is 0.326 e. The van der Waals surface area contributed by atoms with Gasteiger partial charge in [-0.3, -0.25) is 9.59 Å². The zero-order chi connectivity index (χ0) is 17.6. The van der Waals surface area contributed by atoms with Crippen LogP contribution in [0.3, 0.4) is 0 Å². The van der Waals surface area contributed by atoms with Crippen LogP contribution in [0.25, 0.3) is 11.0 Å². The summed E-state index contributed by atoms with van der Waals surface area (Å²) in [6.45, 7) is 2.56. The number of rotatable bonds is 6. The highest BCUT2D eigenvalue weighted by Crippen LogP contribution is 2.24. The van der Waals surface area contributed by atoms with E-state index in [9.17, 15) is 9.59 Å². The second-order valence-electron chi connectivity index (χ2n) is 6.46. The first kappa shape index (κ1) is 17.5. The molecule has 1 heterocycles. The van der Waals surface area contributed by atoms with Gasteiger partial charge in [-0.2, -0.15) is 0 Å². The zero-order valence-corrected chi connectivity index (χ0v) is 14.7. The first-order valence-electron chi connectivity index (χ1n) is 9.06. The number of hydrogen-bond acceptors (Lipinski definition) is 4. The lowest BCUT2D eigenvalue weighted by Gasteiger charge is -2.20. The van der Waals surface area contributed by atoms with E-state index < -0.39 is 0 Å². The number of amides is 1. The molecule has 0 unspecified atom stereocenters. The van der Waals surface area contributed by atoms with Crippen LogP contribution >= 0.6 is 0 Å². The second kappa shape index (κ2) is 8.14. The van der Waals surface area contributed by atoms with Crippen molar-refractivity contribution in [2.45, 2.75) is 52.1 Å². The predicted molar refractivity (Wildman–Crippen MR) is 94.8 cm³/mol. The number of para-hydroxylation sites is 2. The maximum Gasteiger partial charge on any atom is 0.326 e. The van der Waals surface area contributed by atoms with Crippen LogP contribution in [0.5, 0.6) is 0 Å². The number of carbonyl (C=O) groups excluding carboxylic acids is 2. The molecule has 1 aliphatic carbocycles. The first-order chi connectivity index (χ1) is 12.2. The van der Waals surface area contributed by atoms with E-state index in [2.05, 4.69) is 10.3 Å². The summed E-state index contributed by atoms with van der Waals surface area (Å²) in [6.07, 6.45) is 5.40. The van der Waals surface area contributed by atoms with E-state index in [1.54, 1.807) is 6.92 Å². The minimum atomic E-state index is -0.300. The molecule has 25 heavy (non-hydrogen) atoms. The van der Waals surface area contributed by atoms with Crippen LogP contribution in [0.4, 0.5) is 0 Å². The first-order valence-corrected chi connectivity index (χ1v) is 9.06. The van der Waals surface area contributed by atoms with Gasteiger partial charge in [0.2, 0.25) is 5.91 Å². The topological polar surface area (TPSA) is 73.2 Å². The third-order valence-corrected chi connectivity index (χ3v) is 4.72. The molecule has 0 radical (unpaired) electrons. The molecule has 1 aliphatic rings. The Labute approximate surface area is 147 Å².